The number of nitrogens with zero attached hydrogens (tertiary/aromatic N) is 2. The second-order valence-corrected chi connectivity index (χ2v) is 6.79. The zero-order valence-electron chi connectivity index (χ0n) is 15.5. The Kier molecular flexibility index (Phi) is 5.84. The van der Waals surface area contributed by atoms with Crippen molar-refractivity contribution < 1.29 is 18.7 Å². The predicted molar refractivity (Wildman–Crippen MR) is 99.8 cm³/mol. The van der Waals surface area contributed by atoms with Crippen LogP contribution in [0.1, 0.15) is 35.6 Å². The molecule has 28 heavy (non-hydrogen) atoms. The van der Waals surface area contributed by atoms with Gasteiger partial charge in [0.1, 0.15) is 22.9 Å². The molecule has 9 heteroatoms. The average molecular weight is 389 g/mol. The molecule has 0 saturated heterocycles. The fraction of sp³-hybridized carbons (Fsp3) is 0.316. The Morgan fingerprint density at radius 2 is 2.00 bits per heavy atom. The van der Waals surface area contributed by atoms with Gasteiger partial charge in [-0.2, -0.15) is 5.10 Å². The third kappa shape index (κ3) is 4.09. The highest BCUT2D eigenvalue weighted by Crippen LogP contribution is 2.26. The van der Waals surface area contributed by atoms with Gasteiger partial charge in [-0.3, -0.25) is 9.89 Å². The van der Waals surface area contributed by atoms with Crippen LogP contribution in [-0.4, -0.2) is 37.8 Å². The first-order chi connectivity index (χ1) is 13.4. The summed E-state index contributed by atoms with van der Waals surface area (Å²) in [5, 5.41) is 18.4. The van der Waals surface area contributed by atoms with Gasteiger partial charge in [-0.25, -0.2) is 13.8 Å². The van der Waals surface area contributed by atoms with Gasteiger partial charge in [0.2, 0.25) is 0 Å². The quantitative estimate of drug-likeness (QED) is 0.498. The number of hydrogen-bond donors (Lipinski definition) is 4. The summed E-state index contributed by atoms with van der Waals surface area (Å²) in [5.74, 6) is -2.05. The Balaban J connectivity index is 1.91. The van der Waals surface area contributed by atoms with Crippen LogP contribution in [-0.2, 0) is 12.8 Å². The zero-order valence-corrected chi connectivity index (χ0v) is 15.5. The fourth-order valence-electron chi connectivity index (χ4n) is 2.91. The third-order valence-corrected chi connectivity index (χ3v) is 4.14. The molecule has 148 valence electrons. The molecule has 0 aliphatic carbocycles. The lowest BCUT2D eigenvalue weighted by molar-refractivity contribution is 0.101. The van der Waals surface area contributed by atoms with Gasteiger partial charge in [0.15, 0.2) is 5.82 Å². The molecule has 1 amide bonds. The Bertz CT molecular complexity index is 960. The van der Waals surface area contributed by atoms with Gasteiger partial charge < -0.3 is 15.4 Å². The molecule has 0 radical (unpaired) electrons. The van der Waals surface area contributed by atoms with Crippen molar-refractivity contribution in [1.82, 2.24) is 20.2 Å². The van der Waals surface area contributed by atoms with Crippen molar-refractivity contribution in [3.8, 4) is 11.5 Å². The van der Waals surface area contributed by atoms with Gasteiger partial charge in [-0.1, -0.05) is 19.9 Å². The summed E-state index contributed by atoms with van der Waals surface area (Å²) >= 11 is 0. The molecule has 0 unspecified atom stereocenters. The van der Waals surface area contributed by atoms with Crippen molar-refractivity contribution in [2.75, 3.05) is 11.9 Å². The number of aromatic amines is 2. The van der Waals surface area contributed by atoms with Crippen molar-refractivity contribution in [3.63, 3.8) is 0 Å². The van der Waals surface area contributed by atoms with Crippen LogP contribution in [0.25, 0.3) is 11.5 Å². The van der Waals surface area contributed by atoms with Crippen molar-refractivity contribution in [2.24, 2.45) is 5.92 Å². The SMILES string of the molecule is CC(C)Cc1[nH]c(-c2[nH]ncc2NC(=O)c2c(F)cccc2F)nc1CCO. The molecular formula is C19H21F2N5O2. The molecule has 0 atom stereocenters. The maximum Gasteiger partial charge on any atom is 0.261 e. The maximum atomic E-state index is 13.8. The zero-order chi connectivity index (χ0) is 20.3. The van der Waals surface area contributed by atoms with Crippen LogP contribution in [0.4, 0.5) is 14.5 Å². The smallest absolute Gasteiger partial charge is 0.261 e. The predicted octanol–water partition coefficient (Wildman–Crippen LogP) is 3.06. The number of halogens is 2. The highest BCUT2D eigenvalue weighted by atomic mass is 19.1. The summed E-state index contributed by atoms with van der Waals surface area (Å²) in [6.45, 7) is 4.08. The van der Waals surface area contributed by atoms with Gasteiger partial charge in [-0.05, 0) is 24.5 Å². The summed E-state index contributed by atoms with van der Waals surface area (Å²) in [5.41, 5.74) is 1.53. The lowest BCUT2D eigenvalue weighted by atomic mass is 10.1. The number of carbonyl (C=O) groups excluding carboxylic acids is 1. The van der Waals surface area contributed by atoms with E-state index in [1.165, 1.54) is 12.3 Å². The van der Waals surface area contributed by atoms with Crippen LogP contribution in [0.2, 0.25) is 0 Å². The molecule has 0 spiro atoms. The van der Waals surface area contributed by atoms with Gasteiger partial charge >= 0.3 is 0 Å². The number of aliphatic hydroxyl groups is 1. The number of amides is 1. The largest absolute Gasteiger partial charge is 0.396 e. The molecule has 0 aliphatic rings. The lowest BCUT2D eigenvalue weighted by Crippen LogP contribution is -2.16. The number of aliphatic hydroxyl groups excluding tert-OH is 1. The van der Waals surface area contributed by atoms with E-state index in [4.69, 9.17) is 0 Å². The third-order valence-electron chi connectivity index (χ3n) is 4.14. The van der Waals surface area contributed by atoms with Crippen molar-refractivity contribution in [3.05, 3.63) is 53.0 Å². The summed E-state index contributed by atoms with van der Waals surface area (Å²) in [6, 6.07) is 3.22. The molecule has 0 saturated carbocycles. The molecular weight excluding hydrogens is 368 g/mol. The normalized spacial score (nSPS) is 11.2. The minimum absolute atomic E-state index is 0.0471. The van der Waals surface area contributed by atoms with Crippen molar-refractivity contribution in [1.29, 1.82) is 0 Å². The highest BCUT2D eigenvalue weighted by Gasteiger charge is 2.21. The summed E-state index contributed by atoms with van der Waals surface area (Å²) in [6.07, 6.45) is 2.45. The minimum Gasteiger partial charge on any atom is -0.396 e. The molecule has 0 bridgehead atoms. The first-order valence-corrected chi connectivity index (χ1v) is 8.88. The number of nitrogens with one attached hydrogen (secondary N) is 3. The minimum atomic E-state index is -0.954. The van der Waals surface area contributed by atoms with E-state index in [0.717, 1.165) is 29.9 Å². The number of imidazole rings is 1. The molecule has 7 nitrogen and oxygen atoms in total. The van der Waals surface area contributed by atoms with Crippen LogP contribution >= 0.6 is 0 Å². The monoisotopic (exact) mass is 389 g/mol. The van der Waals surface area contributed by atoms with E-state index in [9.17, 15) is 18.7 Å². The van der Waals surface area contributed by atoms with E-state index >= 15 is 0 Å². The van der Waals surface area contributed by atoms with Crippen LogP contribution < -0.4 is 5.32 Å². The van der Waals surface area contributed by atoms with E-state index in [1.54, 1.807) is 0 Å². The summed E-state index contributed by atoms with van der Waals surface area (Å²) in [4.78, 5) is 20.0. The van der Waals surface area contributed by atoms with Gasteiger partial charge in [0, 0.05) is 18.7 Å². The van der Waals surface area contributed by atoms with Crippen LogP contribution in [0, 0.1) is 17.6 Å². The number of aromatic nitrogens is 4. The van der Waals surface area contributed by atoms with Gasteiger partial charge in [-0.15, -0.1) is 0 Å². The van der Waals surface area contributed by atoms with E-state index in [0.29, 0.717) is 23.9 Å². The maximum absolute atomic E-state index is 13.8. The molecule has 2 aromatic heterocycles. The Morgan fingerprint density at radius 3 is 2.64 bits per heavy atom. The summed E-state index contributed by atoms with van der Waals surface area (Å²) in [7, 11) is 0. The summed E-state index contributed by atoms with van der Waals surface area (Å²) < 4.78 is 27.7. The first kappa shape index (κ1) is 19.7. The van der Waals surface area contributed by atoms with E-state index in [-0.39, 0.29) is 12.3 Å². The first-order valence-electron chi connectivity index (χ1n) is 8.88. The molecule has 0 fully saturated rings. The van der Waals surface area contributed by atoms with E-state index in [2.05, 4.69) is 39.3 Å². The van der Waals surface area contributed by atoms with Crippen LogP contribution in [0.3, 0.4) is 0 Å². The molecule has 4 N–H and O–H groups in total. The second-order valence-electron chi connectivity index (χ2n) is 6.79. The number of carbonyl (C=O) groups is 1. The topological polar surface area (TPSA) is 107 Å². The molecule has 3 rings (SSSR count). The second kappa shape index (κ2) is 8.30. The highest BCUT2D eigenvalue weighted by molar-refractivity contribution is 6.06. The van der Waals surface area contributed by atoms with E-state index < -0.39 is 23.1 Å². The lowest BCUT2D eigenvalue weighted by Gasteiger charge is -2.06. The average Bonchev–Trinajstić information content (AvgIpc) is 3.22. The van der Waals surface area contributed by atoms with Gasteiger partial charge in [0.25, 0.3) is 5.91 Å². The number of anilines is 1. The fourth-order valence-corrected chi connectivity index (χ4v) is 2.91. The van der Waals surface area contributed by atoms with Crippen molar-refractivity contribution in [2.45, 2.75) is 26.7 Å². The molecule has 1 aromatic carbocycles. The standard InChI is InChI=1S/C19H21F2N5O2/c1-10(2)8-14-13(6-7-27)23-18(24-14)17-15(9-22-26-17)25-19(28)16-11(20)4-3-5-12(16)21/h3-5,9-10,27H,6-8H2,1-2H3,(H,22,26)(H,23,24)(H,25,28). The van der Waals surface area contributed by atoms with Crippen LogP contribution in [0.15, 0.2) is 24.4 Å². The number of hydrogen-bond acceptors (Lipinski definition) is 4. The Hall–Kier alpha value is -3.07. The van der Waals surface area contributed by atoms with Gasteiger partial charge in [0.05, 0.1) is 17.6 Å². The van der Waals surface area contributed by atoms with Crippen LogP contribution in [0.5, 0.6) is 0 Å². The molecule has 2 heterocycles. The number of H-pyrrole nitrogens is 2. The molecule has 0 aliphatic heterocycles. The van der Waals surface area contributed by atoms with Crippen molar-refractivity contribution >= 4 is 11.6 Å². The Morgan fingerprint density at radius 1 is 1.29 bits per heavy atom. The number of rotatable bonds is 7. The number of benzene rings is 1. The Labute approximate surface area is 160 Å². The van der Waals surface area contributed by atoms with E-state index in [1.807, 2.05) is 0 Å². The molecule has 3 aromatic rings.